The minimum absolute atomic E-state index is 0.0172. The lowest BCUT2D eigenvalue weighted by atomic mass is 9.85. The first-order chi connectivity index (χ1) is 9.70. The van der Waals surface area contributed by atoms with Gasteiger partial charge in [-0.05, 0) is 12.5 Å². The molecule has 0 fully saturated rings. The third-order valence-corrected chi connectivity index (χ3v) is 3.90. The molecule has 0 aromatic heterocycles. The van der Waals surface area contributed by atoms with Crippen LogP contribution in [0.25, 0.3) is 0 Å². The van der Waals surface area contributed by atoms with E-state index in [2.05, 4.69) is 0 Å². The Balaban J connectivity index is 1.91. The Hall–Kier alpha value is -1.87. The van der Waals surface area contributed by atoms with Crippen molar-refractivity contribution in [1.29, 1.82) is 0 Å². The molecule has 3 atom stereocenters. The van der Waals surface area contributed by atoms with E-state index in [1.54, 1.807) is 12.2 Å². The van der Waals surface area contributed by atoms with Gasteiger partial charge in [0.05, 0.1) is 12.0 Å². The highest BCUT2D eigenvalue weighted by Gasteiger charge is 2.38. The second kappa shape index (κ2) is 5.25. The summed E-state index contributed by atoms with van der Waals surface area (Å²) in [5.41, 5.74) is 1.42. The van der Waals surface area contributed by atoms with Crippen molar-refractivity contribution in [2.75, 3.05) is 0 Å². The predicted octanol–water partition coefficient (Wildman–Crippen LogP) is 2.61. The van der Waals surface area contributed by atoms with Crippen LogP contribution in [0.5, 0.6) is 0 Å². The number of allylic oxidation sites excluding steroid dienone is 5. The zero-order valence-electron chi connectivity index (χ0n) is 11.5. The first-order valence-corrected chi connectivity index (χ1v) is 7.06. The van der Waals surface area contributed by atoms with Crippen LogP contribution in [0.2, 0.25) is 0 Å². The third-order valence-electron chi connectivity index (χ3n) is 3.90. The van der Waals surface area contributed by atoms with Crippen molar-refractivity contribution in [3.8, 4) is 0 Å². The van der Waals surface area contributed by atoms with E-state index >= 15 is 0 Å². The van der Waals surface area contributed by atoms with Crippen LogP contribution in [0.3, 0.4) is 0 Å². The molecular weight excluding hydrogens is 252 g/mol. The minimum atomic E-state index is -0.476. The van der Waals surface area contributed by atoms with Gasteiger partial charge in [-0.2, -0.15) is 0 Å². The minimum Gasteiger partial charge on any atom is -0.489 e. The number of ether oxygens (including phenoxy) is 1. The summed E-state index contributed by atoms with van der Waals surface area (Å²) in [5.74, 6) is 0.836. The molecule has 3 rings (SSSR count). The van der Waals surface area contributed by atoms with Gasteiger partial charge >= 0.3 is 0 Å². The number of fused-ring (bicyclic) bond motifs is 1. The Morgan fingerprint density at radius 3 is 2.85 bits per heavy atom. The first-order valence-electron chi connectivity index (χ1n) is 7.06. The van der Waals surface area contributed by atoms with E-state index in [-0.39, 0.29) is 17.8 Å². The number of carbonyl (C=O) groups excluding carboxylic acids is 1. The summed E-state index contributed by atoms with van der Waals surface area (Å²) >= 11 is 0. The summed E-state index contributed by atoms with van der Waals surface area (Å²) in [7, 11) is 0. The van der Waals surface area contributed by atoms with Crippen LogP contribution < -0.4 is 0 Å². The largest absolute Gasteiger partial charge is 0.489 e. The van der Waals surface area contributed by atoms with E-state index in [0.717, 1.165) is 17.8 Å². The normalized spacial score (nSPS) is 31.1. The molecule has 1 aliphatic heterocycles. The number of ketones is 1. The number of rotatable bonds is 3. The van der Waals surface area contributed by atoms with Crippen LogP contribution >= 0.6 is 0 Å². The lowest BCUT2D eigenvalue weighted by molar-refractivity contribution is -0.112. The fourth-order valence-electron chi connectivity index (χ4n) is 2.86. The van der Waals surface area contributed by atoms with Gasteiger partial charge in [-0.3, -0.25) is 4.79 Å². The number of hydrogen-bond acceptors (Lipinski definition) is 3. The summed E-state index contributed by atoms with van der Waals surface area (Å²) in [6.45, 7) is 2.00. The van der Waals surface area contributed by atoms with Crippen molar-refractivity contribution in [1.82, 2.24) is 0 Å². The second-order valence-electron chi connectivity index (χ2n) is 5.22. The highest BCUT2D eigenvalue weighted by molar-refractivity contribution is 6.11. The molecule has 0 spiro atoms. The van der Waals surface area contributed by atoms with Gasteiger partial charge < -0.3 is 9.84 Å². The topological polar surface area (TPSA) is 46.5 Å². The molecular formula is C17H18O3. The van der Waals surface area contributed by atoms with Crippen LogP contribution in [0, 0.1) is 5.92 Å². The molecule has 3 unspecified atom stereocenters. The molecule has 1 N–H and O–H groups in total. The van der Waals surface area contributed by atoms with E-state index in [0.29, 0.717) is 12.0 Å². The fraction of sp³-hybridized carbons (Fsp3) is 0.353. The van der Waals surface area contributed by atoms with Crippen LogP contribution in [-0.4, -0.2) is 23.1 Å². The molecule has 0 saturated heterocycles. The monoisotopic (exact) mass is 270 g/mol. The molecule has 2 aliphatic carbocycles. The van der Waals surface area contributed by atoms with Crippen LogP contribution in [-0.2, 0) is 9.53 Å². The highest BCUT2D eigenvalue weighted by atomic mass is 16.5. The summed E-state index contributed by atoms with van der Waals surface area (Å²) in [4.78, 5) is 12.7. The molecule has 20 heavy (non-hydrogen) atoms. The molecule has 3 heteroatoms. The summed E-state index contributed by atoms with van der Waals surface area (Å²) in [6.07, 6.45) is 13.8. The summed E-state index contributed by atoms with van der Waals surface area (Å²) in [5, 5.41) is 9.46. The Morgan fingerprint density at radius 2 is 2.15 bits per heavy atom. The van der Waals surface area contributed by atoms with Crippen molar-refractivity contribution in [2.45, 2.75) is 32.0 Å². The lowest BCUT2D eigenvalue weighted by Crippen LogP contribution is -2.21. The molecule has 0 radical (unpaired) electrons. The van der Waals surface area contributed by atoms with Gasteiger partial charge in [0.25, 0.3) is 0 Å². The Bertz CT molecular complexity index is 575. The standard InChI is InChI=1S/C17H18O3/c1-2-14-16(13-5-3-4-6-15(13)20-14)17(19)11-7-9-12(18)10-8-11/h3-9,12-13,15,18H,2,10H2,1H3. The summed E-state index contributed by atoms with van der Waals surface area (Å²) < 4.78 is 5.88. The summed E-state index contributed by atoms with van der Waals surface area (Å²) in [6, 6.07) is 0. The smallest absolute Gasteiger partial charge is 0.192 e. The van der Waals surface area contributed by atoms with E-state index in [4.69, 9.17) is 4.74 Å². The molecule has 1 heterocycles. The van der Waals surface area contributed by atoms with E-state index in [9.17, 15) is 9.90 Å². The molecule has 0 bridgehead atoms. The van der Waals surface area contributed by atoms with Crippen molar-refractivity contribution < 1.29 is 14.6 Å². The Kier molecular flexibility index (Phi) is 3.45. The predicted molar refractivity (Wildman–Crippen MR) is 76.8 cm³/mol. The molecule has 0 aromatic rings. The van der Waals surface area contributed by atoms with Crippen LogP contribution in [0.1, 0.15) is 19.8 Å². The number of Topliss-reactive ketones (excluding diaryl/α,β-unsaturated/α-hetero) is 1. The first kappa shape index (κ1) is 13.1. The zero-order chi connectivity index (χ0) is 14.1. The average Bonchev–Trinajstić information content (AvgIpc) is 2.85. The maximum Gasteiger partial charge on any atom is 0.192 e. The molecule has 0 aromatic carbocycles. The maximum absolute atomic E-state index is 12.7. The van der Waals surface area contributed by atoms with Crippen molar-refractivity contribution in [3.05, 3.63) is 59.4 Å². The van der Waals surface area contributed by atoms with E-state index in [1.807, 2.05) is 37.3 Å². The maximum atomic E-state index is 12.7. The van der Waals surface area contributed by atoms with Crippen molar-refractivity contribution in [3.63, 3.8) is 0 Å². The second-order valence-corrected chi connectivity index (χ2v) is 5.22. The number of aliphatic hydroxyl groups excluding tert-OH is 1. The van der Waals surface area contributed by atoms with Gasteiger partial charge in [0.15, 0.2) is 5.78 Å². The van der Waals surface area contributed by atoms with Crippen molar-refractivity contribution in [2.24, 2.45) is 5.92 Å². The highest BCUT2D eigenvalue weighted by Crippen LogP contribution is 2.38. The molecule has 3 nitrogen and oxygen atoms in total. The lowest BCUT2D eigenvalue weighted by Gasteiger charge is -2.17. The SMILES string of the molecule is CCC1=C(C(=O)C2=CCC(O)C=C2)C2C=CC=CC2O1. The molecule has 0 amide bonds. The van der Waals surface area contributed by atoms with Gasteiger partial charge in [-0.1, -0.05) is 43.4 Å². The van der Waals surface area contributed by atoms with Gasteiger partial charge in [0.2, 0.25) is 0 Å². The van der Waals surface area contributed by atoms with Crippen molar-refractivity contribution >= 4 is 5.78 Å². The zero-order valence-corrected chi connectivity index (χ0v) is 11.5. The fourth-order valence-corrected chi connectivity index (χ4v) is 2.86. The van der Waals surface area contributed by atoms with Gasteiger partial charge in [-0.15, -0.1) is 0 Å². The van der Waals surface area contributed by atoms with Gasteiger partial charge in [-0.25, -0.2) is 0 Å². The number of hydrogen-bond donors (Lipinski definition) is 1. The Morgan fingerprint density at radius 1 is 1.35 bits per heavy atom. The average molecular weight is 270 g/mol. The quantitative estimate of drug-likeness (QED) is 0.857. The number of aliphatic hydroxyl groups is 1. The van der Waals surface area contributed by atoms with Gasteiger partial charge in [0, 0.05) is 17.6 Å². The van der Waals surface area contributed by atoms with E-state index < -0.39 is 6.10 Å². The van der Waals surface area contributed by atoms with Crippen LogP contribution in [0.15, 0.2) is 59.4 Å². The Labute approximate surface area is 118 Å². The molecule has 3 aliphatic rings. The number of carbonyl (C=O) groups is 1. The van der Waals surface area contributed by atoms with E-state index in [1.165, 1.54) is 0 Å². The van der Waals surface area contributed by atoms with Crippen LogP contribution in [0.4, 0.5) is 0 Å². The molecule has 104 valence electrons. The third kappa shape index (κ3) is 2.18. The van der Waals surface area contributed by atoms with Gasteiger partial charge in [0.1, 0.15) is 11.9 Å². The molecule has 0 saturated carbocycles.